The minimum atomic E-state index is 0.597. The highest BCUT2D eigenvalue weighted by atomic mass is 79.9. The summed E-state index contributed by atoms with van der Waals surface area (Å²) >= 11 is 3.48. The molecule has 0 atom stereocenters. The third-order valence-corrected chi connectivity index (χ3v) is 4.93. The van der Waals surface area contributed by atoms with Crippen molar-refractivity contribution in [2.24, 2.45) is 0 Å². The second kappa shape index (κ2) is 9.30. The average molecular weight is 429 g/mol. The van der Waals surface area contributed by atoms with E-state index < -0.39 is 0 Å². The van der Waals surface area contributed by atoms with E-state index in [1.165, 1.54) is 0 Å². The maximum Gasteiger partial charge on any atom is 0.102 e. The van der Waals surface area contributed by atoms with Crippen LogP contribution in [0.4, 0.5) is 0 Å². The number of pyridine rings is 1. The predicted molar refractivity (Wildman–Crippen MR) is 121 cm³/mol. The zero-order valence-corrected chi connectivity index (χ0v) is 17.6. The highest BCUT2D eigenvalue weighted by molar-refractivity contribution is 9.10. The van der Waals surface area contributed by atoms with Crippen molar-refractivity contribution in [3.05, 3.63) is 94.5 Å². The van der Waals surface area contributed by atoms with E-state index in [2.05, 4.69) is 41.1 Å². The number of nitrogens with zero attached hydrogens (tertiary/aromatic N) is 2. The Morgan fingerprint density at radius 2 is 1.79 bits per heavy atom. The second-order valence-corrected chi connectivity index (χ2v) is 7.25. The number of allylic oxidation sites excluding steroid dienone is 4. The smallest absolute Gasteiger partial charge is 0.102 e. The molecule has 0 unspecified atom stereocenters. The molecule has 0 saturated carbocycles. The fraction of sp³-hybridized carbons (Fsp3) is 0.120. The molecule has 0 spiro atoms. The van der Waals surface area contributed by atoms with E-state index in [0.717, 1.165) is 38.9 Å². The van der Waals surface area contributed by atoms with E-state index in [4.69, 9.17) is 4.98 Å². The molecule has 0 amide bonds. The van der Waals surface area contributed by atoms with Gasteiger partial charge in [0.2, 0.25) is 0 Å². The Morgan fingerprint density at radius 1 is 1.07 bits per heavy atom. The molecule has 3 aromatic rings. The molecule has 0 radical (unpaired) electrons. The van der Waals surface area contributed by atoms with Gasteiger partial charge in [-0.15, -0.1) is 0 Å². The first-order valence-electron chi connectivity index (χ1n) is 9.27. The zero-order chi connectivity index (χ0) is 19.9. The van der Waals surface area contributed by atoms with Crippen LogP contribution in [0.2, 0.25) is 0 Å². The molecule has 1 heterocycles. The van der Waals surface area contributed by atoms with Crippen LogP contribution in [0.15, 0.2) is 83.4 Å². The van der Waals surface area contributed by atoms with Crippen molar-refractivity contribution in [1.29, 1.82) is 5.26 Å². The molecule has 0 N–H and O–H groups in total. The summed E-state index contributed by atoms with van der Waals surface area (Å²) in [7, 11) is 0. The monoisotopic (exact) mass is 428 g/mol. The molecule has 3 rings (SSSR count). The first-order chi connectivity index (χ1) is 13.7. The van der Waals surface area contributed by atoms with Crippen molar-refractivity contribution in [2.45, 2.75) is 20.3 Å². The van der Waals surface area contributed by atoms with Gasteiger partial charge in [0.05, 0.1) is 17.0 Å². The van der Waals surface area contributed by atoms with Gasteiger partial charge in [-0.05, 0) is 37.1 Å². The normalized spacial score (nSPS) is 11.6. The molecule has 0 aliphatic heterocycles. The summed E-state index contributed by atoms with van der Waals surface area (Å²) in [5.41, 5.74) is 6.07. The van der Waals surface area contributed by atoms with Crippen LogP contribution >= 0.6 is 15.9 Å². The van der Waals surface area contributed by atoms with Crippen LogP contribution in [-0.2, 0) is 0 Å². The third kappa shape index (κ3) is 4.30. The quantitative estimate of drug-likeness (QED) is 0.396. The molecule has 28 heavy (non-hydrogen) atoms. The van der Waals surface area contributed by atoms with Crippen molar-refractivity contribution < 1.29 is 0 Å². The van der Waals surface area contributed by atoms with Crippen LogP contribution in [0.3, 0.4) is 0 Å². The molecule has 0 saturated heterocycles. The molecule has 1 aromatic heterocycles. The van der Waals surface area contributed by atoms with Gasteiger partial charge in [0, 0.05) is 21.2 Å². The van der Waals surface area contributed by atoms with E-state index >= 15 is 0 Å². The number of nitriles is 1. The highest BCUT2D eigenvalue weighted by Gasteiger charge is 2.17. The zero-order valence-electron chi connectivity index (χ0n) is 16.0. The van der Waals surface area contributed by atoms with Crippen LogP contribution in [0, 0.1) is 11.3 Å². The van der Waals surface area contributed by atoms with Crippen molar-refractivity contribution in [3.63, 3.8) is 0 Å². The summed E-state index contributed by atoms with van der Waals surface area (Å²) in [5.74, 6) is 0. The van der Waals surface area contributed by atoms with Gasteiger partial charge in [0.25, 0.3) is 0 Å². The molecule has 0 aliphatic rings. The molecular formula is C25H21BrN2. The van der Waals surface area contributed by atoms with Crippen molar-refractivity contribution in [3.8, 4) is 28.6 Å². The molecule has 2 nitrogen and oxygen atoms in total. The molecular weight excluding hydrogens is 408 g/mol. The van der Waals surface area contributed by atoms with Crippen LogP contribution in [-0.4, -0.2) is 4.98 Å². The van der Waals surface area contributed by atoms with Gasteiger partial charge in [0.15, 0.2) is 0 Å². The highest BCUT2D eigenvalue weighted by Crippen LogP contribution is 2.33. The minimum Gasteiger partial charge on any atom is -0.246 e. The Balaban J connectivity index is 2.34. The third-order valence-electron chi connectivity index (χ3n) is 4.40. The van der Waals surface area contributed by atoms with E-state index in [0.29, 0.717) is 11.3 Å². The fourth-order valence-corrected chi connectivity index (χ4v) is 3.39. The van der Waals surface area contributed by atoms with Gasteiger partial charge in [-0.25, -0.2) is 4.98 Å². The lowest BCUT2D eigenvalue weighted by atomic mass is 9.93. The van der Waals surface area contributed by atoms with Crippen LogP contribution in [0.5, 0.6) is 0 Å². The molecule has 0 bridgehead atoms. The van der Waals surface area contributed by atoms with Crippen LogP contribution < -0.4 is 0 Å². The standard InChI is InChI=1S/C25H21BrN2/c1-3-8-18(9-4-2)22-16-24(19-10-6-5-7-11-19)28-25(23(22)17-27)20-12-14-21(26)15-13-20/h3,5-16H,4H2,1-2H3/b8-3-,18-9+. The lowest BCUT2D eigenvalue weighted by Gasteiger charge is -2.14. The first kappa shape index (κ1) is 19.8. The first-order valence-corrected chi connectivity index (χ1v) is 10.1. The molecule has 3 heteroatoms. The Bertz CT molecular complexity index is 1060. The molecule has 0 fully saturated rings. The number of halogens is 1. The van der Waals surface area contributed by atoms with E-state index in [1.54, 1.807) is 0 Å². The van der Waals surface area contributed by atoms with Crippen molar-refractivity contribution >= 4 is 21.5 Å². The summed E-state index contributed by atoms with van der Waals surface area (Å²) < 4.78 is 0.995. The van der Waals surface area contributed by atoms with Gasteiger partial charge in [0.1, 0.15) is 6.07 Å². The summed E-state index contributed by atoms with van der Waals surface area (Å²) in [6.45, 7) is 4.09. The Kier molecular flexibility index (Phi) is 6.57. The van der Waals surface area contributed by atoms with Gasteiger partial charge in [-0.3, -0.25) is 0 Å². The topological polar surface area (TPSA) is 36.7 Å². The number of hydrogen-bond donors (Lipinski definition) is 0. The van der Waals surface area contributed by atoms with Crippen molar-refractivity contribution in [2.75, 3.05) is 0 Å². The van der Waals surface area contributed by atoms with Crippen molar-refractivity contribution in [1.82, 2.24) is 4.98 Å². The summed E-state index contributed by atoms with van der Waals surface area (Å²) in [6.07, 6.45) is 7.10. The second-order valence-electron chi connectivity index (χ2n) is 6.33. The summed E-state index contributed by atoms with van der Waals surface area (Å²) in [4.78, 5) is 4.89. The maximum atomic E-state index is 10.0. The van der Waals surface area contributed by atoms with Gasteiger partial charge in [-0.1, -0.05) is 83.5 Å². The van der Waals surface area contributed by atoms with Gasteiger partial charge >= 0.3 is 0 Å². The lowest BCUT2D eigenvalue weighted by Crippen LogP contribution is -1.99. The number of rotatable bonds is 5. The fourth-order valence-electron chi connectivity index (χ4n) is 3.13. The average Bonchev–Trinajstić information content (AvgIpc) is 2.74. The predicted octanol–water partition coefficient (Wildman–Crippen LogP) is 7.42. The van der Waals surface area contributed by atoms with E-state index in [1.807, 2.05) is 73.7 Å². The largest absolute Gasteiger partial charge is 0.246 e. The van der Waals surface area contributed by atoms with Gasteiger partial charge < -0.3 is 0 Å². The maximum absolute atomic E-state index is 10.0. The van der Waals surface area contributed by atoms with E-state index in [-0.39, 0.29) is 0 Å². The number of aromatic nitrogens is 1. The SMILES string of the molecule is C/C=C\C(=C/CC)c1cc(-c2ccccc2)nc(-c2ccc(Br)cc2)c1C#N. The molecule has 2 aromatic carbocycles. The minimum absolute atomic E-state index is 0.597. The van der Waals surface area contributed by atoms with Gasteiger partial charge in [-0.2, -0.15) is 5.26 Å². The van der Waals surface area contributed by atoms with E-state index in [9.17, 15) is 5.26 Å². The Hall–Kier alpha value is -2.96. The van der Waals surface area contributed by atoms with Crippen LogP contribution in [0.1, 0.15) is 31.4 Å². The Labute approximate surface area is 175 Å². The summed E-state index contributed by atoms with van der Waals surface area (Å²) in [6, 6.07) is 22.4. The molecule has 0 aliphatic carbocycles. The molecule has 138 valence electrons. The summed E-state index contributed by atoms with van der Waals surface area (Å²) in [5, 5.41) is 10.0. The number of benzene rings is 2. The lowest BCUT2D eigenvalue weighted by molar-refractivity contribution is 1.22. The number of hydrogen-bond acceptors (Lipinski definition) is 2. The van der Waals surface area contributed by atoms with Crippen LogP contribution in [0.25, 0.3) is 28.1 Å². The Morgan fingerprint density at radius 3 is 2.39 bits per heavy atom.